The summed E-state index contributed by atoms with van der Waals surface area (Å²) in [7, 11) is 0. The summed E-state index contributed by atoms with van der Waals surface area (Å²) in [6.07, 6.45) is 3.34. The summed E-state index contributed by atoms with van der Waals surface area (Å²) in [5, 5.41) is 0.886. The van der Waals surface area contributed by atoms with E-state index in [1.807, 2.05) is 18.2 Å². The SMILES string of the molecule is CCC(CCCN)c1ccccc1Cl. The highest BCUT2D eigenvalue weighted by Gasteiger charge is 2.11. The van der Waals surface area contributed by atoms with Gasteiger partial charge in [-0.3, -0.25) is 0 Å². The summed E-state index contributed by atoms with van der Waals surface area (Å²) in [5.74, 6) is 0.562. The average Bonchev–Trinajstić information content (AvgIpc) is 2.21. The third-order valence-corrected chi connectivity index (χ3v) is 2.94. The van der Waals surface area contributed by atoms with E-state index in [0.29, 0.717) is 5.92 Å². The van der Waals surface area contributed by atoms with Gasteiger partial charge < -0.3 is 5.73 Å². The van der Waals surface area contributed by atoms with Crippen molar-refractivity contribution in [3.8, 4) is 0 Å². The van der Waals surface area contributed by atoms with Gasteiger partial charge in [0.25, 0.3) is 0 Å². The van der Waals surface area contributed by atoms with E-state index in [-0.39, 0.29) is 0 Å². The number of hydrogen-bond donors (Lipinski definition) is 1. The summed E-state index contributed by atoms with van der Waals surface area (Å²) in [6.45, 7) is 2.96. The third-order valence-electron chi connectivity index (χ3n) is 2.59. The van der Waals surface area contributed by atoms with Gasteiger partial charge in [-0.2, -0.15) is 0 Å². The van der Waals surface area contributed by atoms with Crippen LogP contribution in [0.3, 0.4) is 0 Å². The summed E-state index contributed by atoms with van der Waals surface area (Å²) < 4.78 is 0. The van der Waals surface area contributed by atoms with Crippen LogP contribution in [-0.2, 0) is 0 Å². The first-order valence-electron chi connectivity index (χ1n) is 5.24. The third kappa shape index (κ3) is 3.00. The summed E-state index contributed by atoms with van der Waals surface area (Å²) >= 11 is 6.15. The molecule has 0 radical (unpaired) electrons. The lowest BCUT2D eigenvalue weighted by molar-refractivity contribution is 0.581. The van der Waals surface area contributed by atoms with Gasteiger partial charge in [0.15, 0.2) is 0 Å². The topological polar surface area (TPSA) is 26.0 Å². The zero-order valence-corrected chi connectivity index (χ0v) is 9.43. The van der Waals surface area contributed by atoms with Gasteiger partial charge >= 0.3 is 0 Å². The van der Waals surface area contributed by atoms with Gasteiger partial charge in [-0.15, -0.1) is 0 Å². The number of rotatable bonds is 5. The zero-order chi connectivity index (χ0) is 10.4. The highest BCUT2D eigenvalue weighted by atomic mass is 35.5. The van der Waals surface area contributed by atoms with Gasteiger partial charge in [-0.05, 0) is 43.4 Å². The van der Waals surface area contributed by atoms with Crippen molar-refractivity contribution in [3.05, 3.63) is 34.9 Å². The fourth-order valence-corrected chi connectivity index (χ4v) is 2.04. The normalized spacial score (nSPS) is 12.8. The van der Waals surface area contributed by atoms with E-state index in [1.54, 1.807) is 0 Å². The maximum absolute atomic E-state index is 6.15. The van der Waals surface area contributed by atoms with Crippen LogP contribution in [0.25, 0.3) is 0 Å². The number of nitrogens with two attached hydrogens (primary N) is 1. The average molecular weight is 212 g/mol. The van der Waals surface area contributed by atoms with Crippen LogP contribution >= 0.6 is 11.6 Å². The number of halogens is 1. The van der Waals surface area contributed by atoms with Crippen molar-refractivity contribution >= 4 is 11.6 Å². The second kappa shape index (κ2) is 6.05. The van der Waals surface area contributed by atoms with Gasteiger partial charge in [0.2, 0.25) is 0 Å². The first-order chi connectivity index (χ1) is 6.79. The fraction of sp³-hybridized carbons (Fsp3) is 0.500. The van der Waals surface area contributed by atoms with E-state index < -0.39 is 0 Å². The zero-order valence-electron chi connectivity index (χ0n) is 8.67. The molecular weight excluding hydrogens is 194 g/mol. The van der Waals surface area contributed by atoms with Crippen LogP contribution in [0.1, 0.15) is 37.7 Å². The van der Waals surface area contributed by atoms with Crippen LogP contribution in [-0.4, -0.2) is 6.54 Å². The quantitative estimate of drug-likeness (QED) is 0.792. The van der Waals surface area contributed by atoms with E-state index in [4.69, 9.17) is 17.3 Å². The molecule has 1 rings (SSSR count). The Kier molecular flexibility index (Phi) is 4.99. The van der Waals surface area contributed by atoms with Crippen molar-refractivity contribution in [1.29, 1.82) is 0 Å². The number of benzene rings is 1. The van der Waals surface area contributed by atoms with Crippen molar-refractivity contribution in [2.75, 3.05) is 6.54 Å². The molecule has 0 saturated carbocycles. The molecule has 78 valence electrons. The number of hydrogen-bond acceptors (Lipinski definition) is 1. The molecule has 1 unspecified atom stereocenters. The predicted molar refractivity (Wildman–Crippen MR) is 62.8 cm³/mol. The Morgan fingerprint density at radius 1 is 1.36 bits per heavy atom. The standard InChI is InChI=1S/C12H18ClN/c1-2-10(6-5-9-14)11-7-3-4-8-12(11)13/h3-4,7-8,10H,2,5-6,9,14H2,1H3. The molecule has 0 aliphatic heterocycles. The van der Waals surface area contributed by atoms with Crippen LogP contribution in [0.5, 0.6) is 0 Å². The molecule has 1 nitrogen and oxygen atoms in total. The fourth-order valence-electron chi connectivity index (χ4n) is 1.75. The van der Waals surface area contributed by atoms with Gasteiger partial charge in [-0.25, -0.2) is 0 Å². The molecule has 0 bridgehead atoms. The molecule has 0 fully saturated rings. The van der Waals surface area contributed by atoms with Crippen molar-refractivity contribution in [2.24, 2.45) is 5.73 Å². The lowest BCUT2D eigenvalue weighted by atomic mass is 9.92. The van der Waals surface area contributed by atoms with Crippen LogP contribution in [0.15, 0.2) is 24.3 Å². The van der Waals surface area contributed by atoms with E-state index >= 15 is 0 Å². The van der Waals surface area contributed by atoms with Gasteiger partial charge in [0.05, 0.1) is 0 Å². The van der Waals surface area contributed by atoms with Crippen molar-refractivity contribution in [3.63, 3.8) is 0 Å². The molecule has 1 atom stereocenters. The smallest absolute Gasteiger partial charge is 0.0440 e. The Bertz CT molecular complexity index is 273. The monoisotopic (exact) mass is 211 g/mol. The molecule has 0 saturated heterocycles. The minimum absolute atomic E-state index is 0.562. The van der Waals surface area contributed by atoms with Crippen molar-refractivity contribution < 1.29 is 0 Å². The van der Waals surface area contributed by atoms with E-state index in [1.165, 1.54) is 5.56 Å². The van der Waals surface area contributed by atoms with Crippen molar-refractivity contribution in [1.82, 2.24) is 0 Å². The summed E-state index contributed by atoms with van der Waals surface area (Å²) in [6, 6.07) is 8.10. The van der Waals surface area contributed by atoms with E-state index in [0.717, 1.165) is 30.8 Å². The molecule has 2 N–H and O–H groups in total. The van der Waals surface area contributed by atoms with Crippen molar-refractivity contribution in [2.45, 2.75) is 32.1 Å². The minimum Gasteiger partial charge on any atom is -0.330 e. The maximum atomic E-state index is 6.15. The van der Waals surface area contributed by atoms with E-state index in [2.05, 4.69) is 13.0 Å². The lowest BCUT2D eigenvalue weighted by Gasteiger charge is -2.16. The molecule has 0 amide bonds. The largest absolute Gasteiger partial charge is 0.330 e. The lowest BCUT2D eigenvalue weighted by Crippen LogP contribution is -2.04. The first-order valence-corrected chi connectivity index (χ1v) is 5.61. The molecule has 1 aromatic carbocycles. The molecule has 0 heterocycles. The molecule has 0 spiro atoms. The molecule has 0 aliphatic rings. The molecular formula is C12H18ClN. The first kappa shape index (κ1) is 11.5. The Morgan fingerprint density at radius 3 is 2.64 bits per heavy atom. The molecule has 1 aromatic rings. The van der Waals surface area contributed by atoms with Crippen LogP contribution in [0.4, 0.5) is 0 Å². The van der Waals surface area contributed by atoms with Gasteiger partial charge in [0, 0.05) is 5.02 Å². The second-order valence-corrected chi connectivity index (χ2v) is 3.96. The Labute approximate surface area is 91.3 Å². The Hall–Kier alpha value is -0.530. The Morgan fingerprint density at radius 2 is 2.07 bits per heavy atom. The van der Waals surface area contributed by atoms with Crippen LogP contribution in [0, 0.1) is 0 Å². The summed E-state index contributed by atoms with van der Waals surface area (Å²) in [5.41, 5.74) is 6.78. The highest BCUT2D eigenvalue weighted by molar-refractivity contribution is 6.31. The van der Waals surface area contributed by atoms with Crippen LogP contribution in [0.2, 0.25) is 5.02 Å². The van der Waals surface area contributed by atoms with Gasteiger partial charge in [-0.1, -0.05) is 36.7 Å². The predicted octanol–water partition coefficient (Wildman–Crippen LogP) is 3.57. The molecule has 0 aliphatic carbocycles. The van der Waals surface area contributed by atoms with Crippen LogP contribution < -0.4 is 5.73 Å². The molecule has 2 heteroatoms. The highest BCUT2D eigenvalue weighted by Crippen LogP contribution is 2.29. The van der Waals surface area contributed by atoms with E-state index in [9.17, 15) is 0 Å². The second-order valence-electron chi connectivity index (χ2n) is 3.56. The molecule has 0 aromatic heterocycles. The molecule has 14 heavy (non-hydrogen) atoms. The minimum atomic E-state index is 0.562. The summed E-state index contributed by atoms with van der Waals surface area (Å²) in [4.78, 5) is 0. The van der Waals surface area contributed by atoms with Gasteiger partial charge in [0.1, 0.15) is 0 Å². The Balaban J connectivity index is 2.73. The maximum Gasteiger partial charge on any atom is 0.0440 e.